The fourth-order valence-corrected chi connectivity index (χ4v) is 3.97. The minimum Gasteiger partial charge on any atom is -0.748 e. The van der Waals surface area contributed by atoms with Crippen molar-refractivity contribution >= 4 is 10.1 Å². The largest absolute Gasteiger partial charge is 1.00 e. The van der Waals surface area contributed by atoms with Crippen LogP contribution in [0.25, 0.3) is 0 Å². The van der Waals surface area contributed by atoms with Crippen LogP contribution < -0.4 is 29.6 Å². The number of aliphatic hydroxyl groups is 1. The Bertz CT molecular complexity index is 360. The standard InChI is InChI=1S/C18H38O4S.Na/c1-3-5-6-10-14-17(19)15-11-8-7-9-12-16-18(13-4-2)23(20,21)22;/h17-19H,3-16H2,1-2H3,(H,20,21,22);/q;+1/p-1. The van der Waals surface area contributed by atoms with Crippen LogP contribution in [0.2, 0.25) is 0 Å². The molecular weight excluding hydrogens is 335 g/mol. The van der Waals surface area contributed by atoms with Gasteiger partial charge in [-0.1, -0.05) is 78.1 Å². The molecular formula is C18H37NaO4S. The Morgan fingerprint density at radius 3 is 1.67 bits per heavy atom. The molecule has 0 aliphatic carbocycles. The monoisotopic (exact) mass is 372 g/mol. The van der Waals surface area contributed by atoms with Gasteiger partial charge < -0.3 is 9.66 Å². The summed E-state index contributed by atoms with van der Waals surface area (Å²) in [6, 6.07) is 0. The maximum absolute atomic E-state index is 11.1. The molecule has 0 bridgehead atoms. The molecule has 0 rings (SSSR count). The third-order valence-electron chi connectivity index (χ3n) is 4.47. The van der Waals surface area contributed by atoms with Gasteiger partial charge in [-0.15, -0.1) is 0 Å². The minimum absolute atomic E-state index is 0. The zero-order chi connectivity index (χ0) is 17.6. The van der Waals surface area contributed by atoms with Gasteiger partial charge in [0.15, 0.2) is 0 Å². The van der Waals surface area contributed by atoms with E-state index in [0.29, 0.717) is 12.8 Å². The molecule has 0 saturated carbocycles. The molecule has 0 fully saturated rings. The third-order valence-corrected chi connectivity index (χ3v) is 5.76. The molecule has 0 aliphatic rings. The zero-order valence-corrected chi connectivity index (χ0v) is 19.0. The molecule has 0 aromatic carbocycles. The van der Waals surface area contributed by atoms with E-state index in [0.717, 1.165) is 57.8 Å². The first kappa shape index (κ1) is 27.1. The molecule has 0 saturated heterocycles. The van der Waals surface area contributed by atoms with Crippen LogP contribution in [-0.4, -0.2) is 29.4 Å². The smallest absolute Gasteiger partial charge is 0.748 e. The minimum atomic E-state index is -4.13. The average Bonchev–Trinajstić information content (AvgIpc) is 2.48. The van der Waals surface area contributed by atoms with E-state index in [4.69, 9.17) is 0 Å². The summed E-state index contributed by atoms with van der Waals surface area (Å²) >= 11 is 0. The molecule has 0 amide bonds. The molecule has 140 valence electrons. The van der Waals surface area contributed by atoms with Crippen LogP contribution in [0.3, 0.4) is 0 Å². The van der Waals surface area contributed by atoms with Crippen molar-refractivity contribution in [1.29, 1.82) is 0 Å². The van der Waals surface area contributed by atoms with Gasteiger partial charge in [-0.25, -0.2) is 8.42 Å². The number of rotatable bonds is 16. The van der Waals surface area contributed by atoms with Crippen molar-refractivity contribution in [2.75, 3.05) is 0 Å². The molecule has 2 unspecified atom stereocenters. The van der Waals surface area contributed by atoms with Gasteiger partial charge in [-0.3, -0.25) is 0 Å². The molecule has 2 atom stereocenters. The quantitative estimate of drug-likeness (QED) is 0.254. The van der Waals surface area contributed by atoms with Crippen LogP contribution in [0.5, 0.6) is 0 Å². The Balaban J connectivity index is 0. The van der Waals surface area contributed by atoms with E-state index >= 15 is 0 Å². The molecule has 0 radical (unpaired) electrons. The normalized spacial score (nSPS) is 14.2. The van der Waals surface area contributed by atoms with E-state index in [2.05, 4.69) is 6.92 Å². The molecule has 24 heavy (non-hydrogen) atoms. The van der Waals surface area contributed by atoms with Crippen LogP contribution in [0.1, 0.15) is 104 Å². The van der Waals surface area contributed by atoms with Gasteiger partial charge in [0.25, 0.3) is 0 Å². The van der Waals surface area contributed by atoms with Crippen LogP contribution in [0.15, 0.2) is 0 Å². The van der Waals surface area contributed by atoms with Crippen molar-refractivity contribution in [3.05, 3.63) is 0 Å². The van der Waals surface area contributed by atoms with Gasteiger partial charge in [-0.05, 0) is 25.7 Å². The summed E-state index contributed by atoms with van der Waals surface area (Å²) in [4.78, 5) is 0. The van der Waals surface area contributed by atoms with Crippen molar-refractivity contribution in [3.63, 3.8) is 0 Å². The summed E-state index contributed by atoms with van der Waals surface area (Å²) in [6.07, 6.45) is 13.1. The fraction of sp³-hybridized carbons (Fsp3) is 1.00. The summed E-state index contributed by atoms with van der Waals surface area (Å²) in [5.41, 5.74) is 0. The average molecular weight is 373 g/mol. The number of hydrogen-bond acceptors (Lipinski definition) is 4. The molecule has 0 aromatic heterocycles. The molecule has 6 heteroatoms. The van der Waals surface area contributed by atoms with Gasteiger partial charge >= 0.3 is 29.6 Å². The number of hydrogen-bond donors (Lipinski definition) is 1. The van der Waals surface area contributed by atoms with Crippen molar-refractivity contribution in [2.24, 2.45) is 0 Å². The predicted molar refractivity (Wildman–Crippen MR) is 95.5 cm³/mol. The predicted octanol–water partition coefficient (Wildman–Crippen LogP) is 1.77. The first-order chi connectivity index (χ1) is 10.9. The van der Waals surface area contributed by atoms with Gasteiger partial charge in [-0.2, -0.15) is 0 Å². The Morgan fingerprint density at radius 1 is 0.750 bits per heavy atom. The van der Waals surface area contributed by atoms with E-state index in [9.17, 15) is 18.1 Å². The summed E-state index contributed by atoms with van der Waals surface area (Å²) < 4.78 is 33.3. The molecule has 0 spiro atoms. The maximum atomic E-state index is 11.1. The summed E-state index contributed by atoms with van der Waals surface area (Å²) in [5.74, 6) is 0. The summed E-state index contributed by atoms with van der Waals surface area (Å²) in [7, 11) is -4.13. The van der Waals surface area contributed by atoms with Crippen molar-refractivity contribution in [2.45, 2.75) is 115 Å². The van der Waals surface area contributed by atoms with Gasteiger partial charge in [0.2, 0.25) is 0 Å². The van der Waals surface area contributed by atoms with Crippen LogP contribution >= 0.6 is 0 Å². The zero-order valence-electron chi connectivity index (χ0n) is 16.1. The van der Waals surface area contributed by atoms with Crippen molar-refractivity contribution in [3.8, 4) is 0 Å². The number of unbranched alkanes of at least 4 members (excludes halogenated alkanes) is 7. The van der Waals surface area contributed by atoms with E-state index in [-0.39, 0.29) is 35.7 Å². The molecule has 0 heterocycles. The summed E-state index contributed by atoms with van der Waals surface area (Å²) in [6.45, 7) is 4.10. The van der Waals surface area contributed by atoms with Gasteiger partial charge in [0, 0.05) is 5.25 Å². The van der Waals surface area contributed by atoms with Crippen molar-refractivity contribution < 1.29 is 47.6 Å². The Labute approximate surface area is 172 Å². The van der Waals surface area contributed by atoms with E-state index in [1.165, 1.54) is 19.3 Å². The van der Waals surface area contributed by atoms with Crippen LogP contribution in [0.4, 0.5) is 0 Å². The second-order valence-electron chi connectivity index (χ2n) is 6.75. The SMILES string of the molecule is CCCCCCC(O)CCCCCCCC(CCC)S(=O)(=O)[O-].[Na+]. The molecule has 0 aromatic rings. The fourth-order valence-electron chi connectivity index (χ4n) is 2.99. The Kier molecular flexibility index (Phi) is 19.5. The number of aliphatic hydroxyl groups excluding tert-OH is 1. The van der Waals surface area contributed by atoms with Gasteiger partial charge in [0.1, 0.15) is 0 Å². The molecule has 1 N–H and O–H groups in total. The van der Waals surface area contributed by atoms with Crippen LogP contribution in [-0.2, 0) is 10.1 Å². The van der Waals surface area contributed by atoms with Crippen LogP contribution in [0, 0.1) is 0 Å². The second-order valence-corrected chi connectivity index (χ2v) is 8.40. The first-order valence-corrected chi connectivity index (χ1v) is 11.0. The first-order valence-electron chi connectivity index (χ1n) is 9.54. The van der Waals surface area contributed by atoms with Gasteiger partial charge in [0.05, 0.1) is 16.2 Å². The Hall–Kier alpha value is 0.870. The van der Waals surface area contributed by atoms with E-state index < -0.39 is 15.4 Å². The maximum Gasteiger partial charge on any atom is 1.00 e. The summed E-state index contributed by atoms with van der Waals surface area (Å²) in [5, 5.41) is 9.17. The molecule has 0 aliphatic heterocycles. The van der Waals surface area contributed by atoms with E-state index in [1.807, 2.05) is 6.92 Å². The second kappa shape index (κ2) is 17.3. The third kappa shape index (κ3) is 16.3. The Morgan fingerprint density at radius 2 is 1.21 bits per heavy atom. The van der Waals surface area contributed by atoms with E-state index in [1.54, 1.807) is 0 Å². The van der Waals surface area contributed by atoms with Crippen molar-refractivity contribution in [1.82, 2.24) is 0 Å². The molecule has 4 nitrogen and oxygen atoms in total. The topological polar surface area (TPSA) is 77.4 Å².